The lowest BCUT2D eigenvalue weighted by molar-refractivity contribution is -0.118. The van der Waals surface area contributed by atoms with E-state index in [1.807, 2.05) is 36.4 Å². The molecule has 1 heteroatoms. The largest absolute Gasteiger partial charge is 0.300 e. The first-order valence-electron chi connectivity index (χ1n) is 6.39. The fourth-order valence-corrected chi connectivity index (χ4v) is 3.00. The molecule has 1 nitrogen and oxygen atoms in total. The van der Waals surface area contributed by atoms with Gasteiger partial charge in [-0.3, -0.25) is 4.79 Å². The summed E-state index contributed by atoms with van der Waals surface area (Å²) in [7, 11) is 0. The van der Waals surface area contributed by atoms with Crippen LogP contribution in [0.5, 0.6) is 0 Å². The fraction of sp³-hybridized carbons (Fsp3) is 0.235. The summed E-state index contributed by atoms with van der Waals surface area (Å²) in [6.45, 7) is 1.71. The van der Waals surface area contributed by atoms with Crippen LogP contribution >= 0.6 is 0 Å². The third-order valence-corrected chi connectivity index (χ3v) is 3.86. The molecule has 0 bridgehead atoms. The molecule has 2 aromatic rings. The van der Waals surface area contributed by atoms with Crippen molar-refractivity contribution in [2.45, 2.75) is 18.8 Å². The number of hydrogen-bond acceptors (Lipinski definition) is 1. The minimum Gasteiger partial charge on any atom is -0.300 e. The van der Waals surface area contributed by atoms with E-state index in [9.17, 15) is 4.79 Å². The van der Waals surface area contributed by atoms with Gasteiger partial charge in [-0.2, -0.15) is 0 Å². The summed E-state index contributed by atoms with van der Waals surface area (Å²) < 4.78 is 0. The summed E-state index contributed by atoms with van der Waals surface area (Å²) in [5.74, 6) is 1.20. The topological polar surface area (TPSA) is 17.1 Å². The lowest BCUT2D eigenvalue weighted by Crippen LogP contribution is -1.95. The SMILES string of the molecule is CC(=O)C1[C@H](c2ccccc2)[C@H]1c1ccccc1. The van der Waals surface area contributed by atoms with Crippen LogP contribution in [0.1, 0.15) is 29.9 Å². The standard InChI is InChI=1S/C17H16O/c1-12(18)15-16(13-8-4-2-5-9-13)17(15)14-10-6-3-7-11-14/h2-11,15-17H,1H3/t16-,17-/m0/s1. The minimum absolute atomic E-state index is 0.162. The third-order valence-electron chi connectivity index (χ3n) is 3.86. The van der Waals surface area contributed by atoms with Gasteiger partial charge in [0.15, 0.2) is 0 Å². The smallest absolute Gasteiger partial charge is 0.134 e. The molecule has 0 radical (unpaired) electrons. The number of benzene rings is 2. The van der Waals surface area contributed by atoms with E-state index < -0.39 is 0 Å². The van der Waals surface area contributed by atoms with E-state index in [-0.39, 0.29) is 5.92 Å². The van der Waals surface area contributed by atoms with Crippen molar-refractivity contribution in [3.63, 3.8) is 0 Å². The minimum atomic E-state index is 0.162. The predicted molar refractivity (Wildman–Crippen MR) is 72.5 cm³/mol. The van der Waals surface area contributed by atoms with Gasteiger partial charge in [-0.1, -0.05) is 60.7 Å². The van der Waals surface area contributed by atoms with Crippen LogP contribution in [-0.4, -0.2) is 5.78 Å². The highest BCUT2D eigenvalue weighted by molar-refractivity contribution is 5.85. The second-order valence-corrected chi connectivity index (χ2v) is 5.01. The number of rotatable bonds is 3. The molecule has 3 rings (SSSR count). The normalized spacial score (nSPS) is 25.7. The molecule has 2 atom stereocenters. The molecule has 1 aliphatic rings. The number of ketones is 1. The van der Waals surface area contributed by atoms with E-state index in [0.29, 0.717) is 17.6 Å². The van der Waals surface area contributed by atoms with Gasteiger partial charge in [0.2, 0.25) is 0 Å². The summed E-state index contributed by atoms with van der Waals surface area (Å²) in [5, 5.41) is 0. The average Bonchev–Trinajstić information content (AvgIpc) is 3.16. The highest BCUT2D eigenvalue weighted by Gasteiger charge is 2.54. The Kier molecular flexibility index (Phi) is 2.75. The molecule has 0 spiro atoms. The molecule has 18 heavy (non-hydrogen) atoms. The molecule has 0 saturated heterocycles. The van der Waals surface area contributed by atoms with Crippen LogP contribution in [0.25, 0.3) is 0 Å². The maximum absolute atomic E-state index is 11.8. The van der Waals surface area contributed by atoms with Gasteiger partial charge in [-0.05, 0) is 18.1 Å². The highest BCUT2D eigenvalue weighted by atomic mass is 16.1. The van der Waals surface area contributed by atoms with Gasteiger partial charge in [0.05, 0.1) is 0 Å². The molecule has 0 aliphatic heterocycles. The molecule has 1 fully saturated rings. The number of Topliss-reactive ketones (excluding diaryl/α,β-unsaturated/α-hetero) is 1. The molecule has 90 valence electrons. The average molecular weight is 236 g/mol. The number of carbonyl (C=O) groups is 1. The molecular formula is C17H16O. The Hall–Kier alpha value is -1.89. The maximum atomic E-state index is 11.8. The van der Waals surface area contributed by atoms with E-state index in [0.717, 1.165) is 0 Å². The van der Waals surface area contributed by atoms with Gasteiger partial charge in [0, 0.05) is 17.8 Å². The molecule has 1 saturated carbocycles. The van der Waals surface area contributed by atoms with Crippen molar-refractivity contribution in [1.82, 2.24) is 0 Å². The van der Waals surface area contributed by atoms with Crippen molar-refractivity contribution in [3.8, 4) is 0 Å². The molecule has 0 unspecified atom stereocenters. The van der Waals surface area contributed by atoms with Crippen LogP contribution in [0.4, 0.5) is 0 Å². The first-order valence-corrected chi connectivity index (χ1v) is 6.39. The summed E-state index contributed by atoms with van der Waals surface area (Å²) in [6.07, 6.45) is 0. The lowest BCUT2D eigenvalue weighted by atomic mass is 10.0. The van der Waals surface area contributed by atoms with Crippen LogP contribution in [-0.2, 0) is 4.79 Å². The molecule has 0 heterocycles. The second-order valence-electron chi connectivity index (χ2n) is 5.01. The van der Waals surface area contributed by atoms with Gasteiger partial charge in [0.1, 0.15) is 5.78 Å². The van der Waals surface area contributed by atoms with Crippen molar-refractivity contribution < 1.29 is 4.79 Å². The van der Waals surface area contributed by atoms with Crippen LogP contribution in [0.3, 0.4) is 0 Å². The van der Waals surface area contributed by atoms with Crippen LogP contribution < -0.4 is 0 Å². The Morgan fingerprint density at radius 3 is 1.50 bits per heavy atom. The zero-order valence-electron chi connectivity index (χ0n) is 10.4. The van der Waals surface area contributed by atoms with Gasteiger partial charge in [0.25, 0.3) is 0 Å². The highest BCUT2D eigenvalue weighted by Crippen LogP contribution is 2.60. The third kappa shape index (κ3) is 1.86. The molecular weight excluding hydrogens is 220 g/mol. The van der Waals surface area contributed by atoms with E-state index in [1.54, 1.807) is 6.92 Å². The van der Waals surface area contributed by atoms with E-state index >= 15 is 0 Å². The molecule has 0 amide bonds. The number of carbonyl (C=O) groups excluding carboxylic acids is 1. The summed E-state index contributed by atoms with van der Waals surface area (Å²) in [5.41, 5.74) is 2.57. The van der Waals surface area contributed by atoms with Crippen molar-refractivity contribution >= 4 is 5.78 Å². The quantitative estimate of drug-likeness (QED) is 0.792. The zero-order valence-corrected chi connectivity index (χ0v) is 10.4. The summed E-state index contributed by atoms with van der Waals surface area (Å²) >= 11 is 0. The van der Waals surface area contributed by atoms with Crippen LogP contribution in [0.2, 0.25) is 0 Å². The zero-order chi connectivity index (χ0) is 12.5. The predicted octanol–water partition coefficient (Wildman–Crippen LogP) is 3.77. The Morgan fingerprint density at radius 1 is 0.778 bits per heavy atom. The Labute approximate surface area is 107 Å². The molecule has 0 N–H and O–H groups in total. The van der Waals surface area contributed by atoms with Crippen LogP contribution in [0, 0.1) is 5.92 Å². The summed E-state index contributed by atoms with van der Waals surface area (Å²) in [6, 6.07) is 20.7. The second kappa shape index (κ2) is 4.41. The van der Waals surface area contributed by atoms with Gasteiger partial charge in [-0.25, -0.2) is 0 Å². The summed E-state index contributed by atoms with van der Waals surface area (Å²) in [4.78, 5) is 11.8. The molecule has 0 aromatic heterocycles. The van der Waals surface area contributed by atoms with Crippen molar-refractivity contribution in [2.75, 3.05) is 0 Å². The van der Waals surface area contributed by atoms with E-state index in [2.05, 4.69) is 24.3 Å². The van der Waals surface area contributed by atoms with Crippen molar-refractivity contribution in [1.29, 1.82) is 0 Å². The van der Waals surface area contributed by atoms with Gasteiger partial charge < -0.3 is 0 Å². The fourth-order valence-electron chi connectivity index (χ4n) is 3.00. The maximum Gasteiger partial charge on any atom is 0.134 e. The van der Waals surface area contributed by atoms with Gasteiger partial charge in [-0.15, -0.1) is 0 Å². The van der Waals surface area contributed by atoms with Crippen molar-refractivity contribution in [2.24, 2.45) is 5.92 Å². The van der Waals surface area contributed by atoms with Crippen LogP contribution in [0.15, 0.2) is 60.7 Å². The Bertz CT molecular complexity index is 499. The van der Waals surface area contributed by atoms with E-state index in [1.165, 1.54) is 11.1 Å². The van der Waals surface area contributed by atoms with Gasteiger partial charge >= 0.3 is 0 Å². The first-order chi connectivity index (χ1) is 8.79. The Morgan fingerprint density at radius 2 is 1.17 bits per heavy atom. The lowest BCUT2D eigenvalue weighted by Gasteiger charge is -2.00. The monoisotopic (exact) mass is 236 g/mol. The molecule has 2 aromatic carbocycles. The molecule has 1 aliphatic carbocycles. The Balaban J connectivity index is 1.94. The van der Waals surface area contributed by atoms with Crippen molar-refractivity contribution in [3.05, 3.63) is 71.8 Å². The first kappa shape index (κ1) is 11.2. The van der Waals surface area contributed by atoms with E-state index in [4.69, 9.17) is 0 Å². The number of hydrogen-bond donors (Lipinski definition) is 0.